The van der Waals surface area contributed by atoms with Crippen molar-refractivity contribution in [2.75, 3.05) is 6.61 Å². The summed E-state index contributed by atoms with van der Waals surface area (Å²) in [6.45, 7) is 4.12. The zero-order chi connectivity index (χ0) is 13.0. The number of hydrogen-bond acceptors (Lipinski definition) is 3. The summed E-state index contributed by atoms with van der Waals surface area (Å²) in [5, 5.41) is 0. The minimum Gasteiger partial charge on any atom is -0.494 e. The first-order chi connectivity index (χ1) is 8.70. The fraction of sp³-hybridized carbons (Fsp3) is 0.200. The number of carbonyl (C=O) groups excluding carboxylic acids is 1. The molecule has 0 spiro atoms. The van der Waals surface area contributed by atoms with Gasteiger partial charge in [0.05, 0.1) is 12.3 Å². The monoisotopic (exact) mass is 241 g/mol. The van der Waals surface area contributed by atoms with Crippen LogP contribution in [-0.4, -0.2) is 17.4 Å². The lowest BCUT2D eigenvalue weighted by molar-refractivity contribution is 0.101. The van der Waals surface area contributed by atoms with Gasteiger partial charge in [-0.2, -0.15) is 0 Å². The van der Waals surface area contributed by atoms with Gasteiger partial charge in [0.2, 0.25) is 0 Å². The van der Waals surface area contributed by atoms with Gasteiger partial charge >= 0.3 is 0 Å². The number of ether oxygens (including phenoxy) is 1. The van der Waals surface area contributed by atoms with Crippen LogP contribution in [0.5, 0.6) is 5.75 Å². The van der Waals surface area contributed by atoms with Crippen molar-refractivity contribution in [2.24, 2.45) is 0 Å². The van der Waals surface area contributed by atoms with Crippen molar-refractivity contribution in [3.05, 3.63) is 48.2 Å². The highest BCUT2D eigenvalue weighted by Crippen LogP contribution is 2.21. The van der Waals surface area contributed by atoms with Gasteiger partial charge in [-0.15, -0.1) is 0 Å². The van der Waals surface area contributed by atoms with Crippen LogP contribution in [0.4, 0.5) is 0 Å². The Bertz CT molecular complexity index is 547. The molecule has 18 heavy (non-hydrogen) atoms. The van der Waals surface area contributed by atoms with E-state index in [1.807, 2.05) is 43.3 Å². The normalized spacial score (nSPS) is 10.1. The smallest absolute Gasteiger partial charge is 0.178 e. The van der Waals surface area contributed by atoms with Crippen LogP contribution in [0, 0.1) is 0 Å². The predicted molar refractivity (Wildman–Crippen MR) is 70.8 cm³/mol. The molecule has 0 fully saturated rings. The molecular formula is C15H15NO2. The lowest BCUT2D eigenvalue weighted by atomic mass is 10.1. The molecule has 0 aliphatic carbocycles. The number of benzene rings is 1. The lowest BCUT2D eigenvalue weighted by Gasteiger charge is -2.05. The summed E-state index contributed by atoms with van der Waals surface area (Å²) in [6, 6.07) is 13.1. The number of hydrogen-bond donors (Lipinski definition) is 0. The van der Waals surface area contributed by atoms with E-state index in [0.717, 1.165) is 17.0 Å². The van der Waals surface area contributed by atoms with Crippen molar-refractivity contribution in [2.45, 2.75) is 13.8 Å². The molecule has 2 rings (SSSR count). The summed E-state index contributed by atoms with van der Waals surface area (Å²) in [6.07, 6.45) is 0. The van der Waals surface area contributed by atoms with Crippen LogP contribution < -0.4 is 4.74 Å². The highest BCUT2D eigenvalue weighted by atomic mass is 16.5. The number of rotatable bonds is 4. The van der Waals surface area contributed by atoms with Gasteiger partial charge in [0.15, 0.2) is 5.78 Å². The van der Waals surface area contributed by atoms with Gasteiger partial charge in [0, 0.05) is 12.5 Å². The Balaban J connectivity index is 2.30. The highest BCUT2D eigenvalue weighted by Gasteiger charge is 2.04. The first-order valence-electron chi connectivity index (χ1n) is 5.92. The molecule has 0 saturated heterocycles. The average molecular weight is 241 g/mol. The second-order valence-corrected chi connectivity index (χ2v) is 3.92. The molecule has 0 saturated carbocycles. The van der Waals surface area contributed by atoms with Gasteiger partial charge in [-0.3, -0.25) is 4.79 Å². The Morgan fingerprint density at radius 2 is 1.89 bits per heavy atom. The maximum absolute atomic E-state index is 11.3. The SMILES string of the molecule is CCOc1ccc(-c2cccc(C(C)=O)n2)cc1. The molecule has 3 heteroatoms. The third kappa shape index (κ3) is 2.74. The van der Waals surface area contributed by atoms with Crippen molar-refractivity contribution in [1.82, 2.24) is 4.98 Å². The van der Waals surface area contributed by atoms with Crippen molar-refractivity contribution in [3.63, 3.8) is 0 Å². The highest BCUT2D eigenvalue weighted by molar-refractivity contribution is 5.92. The zero-order valence-corrected chi connectivity index (χ0v) is 10.5. The van der Waals surface area contributed by atoms with E-state index >= 15 is 0 Å². The van der Waals surface area contributed by atoms with Gasteiger partial charge < -0.3 is 4.74 Å². The van der Waals surface area contributed by atoms with Crippen LogP contribution in [0.3, 0.4) is 0 Å². The molecule has 0 amide bonds. The molecule has 0 unspecified atom stereocenters. The van der Waals surface area contributed by atoms with E-state index < -0.39 is 0 Å². The molecule has 3 nitrogen and oxygen atoms in total. The summed E-state index contributed by atoms with van der Waals surface area (Å²) in [4.78, 5) is 15.6. The Labute approximate surface area is 106 Å². The lowest BCUT2D eigenvalue weighted by Crippen LogP contribution is -1.97. The van der Waals surface area contributed by atoms with E-state index in [-0.39, 0.29) is 5.78 Å². The first kappa shape index (κ1) is 12.3. The molecule has 2 aromatic rings. The summed E-state index contributed by atoms with van der Waals surface area (Å²) >= 11 is 0. The van der Waals surface area contributed by atoms with Gasteiger partial charge in [0.25, 0.3) is 0 Å². The Hall–Kier alpha value is -2.16. The van der Waals surface area contributed by atoms with Crippen LogP contribution in [0.1, 0.15) is 24.3 Å². The van der Waals surface area contributed by atoms with E-state index in [9.17, 15) is 4.79 Å². The molecule has 0 N–H and O–H groups in total. The van der Waals surface area contributed by atoms with Crippen LogP contribution in [-0.2, 0) is 0 Å². The maximum atomic E-state index is 11.3. The van der Waals surface area contributed by atoms with E-state index in [2.05, 4.69) is 4.98 Å². The number of ketones is 1. The van der Waals surface area contributed by atoms with Gasteiger partial charge in [0.1, 0.15) is 11.4 Å². The van der Waals surface area contributed by atoms with Crippen molar-refractivity contribution in [1.29, 1.82) is 0 Å². The van der Waals surface area contributed by atoms with Crippen molar-refractivity contribution < 1.29 is 9.53 Å². The molecule has 1 aromatic carbocycles. The topological polar surface area (TPSA) is 39.2 Å². The summed E-state index contributed by atoms with van der Waals surface area (Å²) in [5.74, 6) is 0.812. The van der Waals surface area contributed by atoms with Gasteiger partial charge in [-0.1, -0.05) is 6.07 Å². The van der Waals surface area contributed by atoms with E-state index in [4.69, 9.17) is 4.74 Å². The molecular weight excluding hydrogens is 226 g/mol. The van der Waals surface area contributed by atoms with Gasteiger partial charge in [-0.25, -0.2) is 4.98 Å². The molecule has 0 radical (unpaired) electrons. The summed E-state index contributed by atoms with van der Waals surface area (Å²) in [7, 11) is 0. The largest absolute Gasteiger partial charge is 0.494 e. The fourth-order valence-electron chi connectivity index (χ4n) is 1.68. The zero-order valence-electron chi connectivity index (χ0n) is 10.5. The molecule has 0 aliphatic rings. The predicted octanol–water partition coefficient (Wildman–Crippen LogP) is 3.35. The number of nitrogens with zero attached hydrogens (tertiary/aromatic N) is 1. The Morgan fingerprint density at radius 3 is 2.50 bits per heavy atom. The number of Topliss-reactive ketones (excluding diaryl/α,β-unsaturated/α-hetero) is 1. The van der Waals surface area contributed by atoms with Crippen molar-refractivity contribution >= 4 is 5.78 Å². The summed E-state index contributed by atoms with van der Waals surface area (Å²) in [5.41, 5.74) is 2.26. The minimum atomic E-state index is -0.0252. The van der Waals surface area contributed by atoms with E-state index in [1.165, 1.54) is 6.92 Å². The molecule has 1 aromatic heterocycles. The molecule has 0 atom stereocenters. The van der Waals surface area contributed by atoms with Crippen LogP contribution >= 0.6 is 0 Å². The van der Waals surface area contributed by atoms with Crippen molar-refractivity contribution in [3.8, 4) is 17.0 Å². The summed E-state index contributed by atoms with van der Waals surface area (Å²) < 4.78 is 5.38. The number of aromatic nitrogens is 1. The second-order valence-electron chi connectivity index (χ2n) is 3.92. The average Bonchev–Trinajstić information content (AvgIpc) is 2.40. The molecule has 0 aliphatic heterocycles. The maximum Gasteiger partial charge on any atom is 0.178 e. The van der Waals surface area contributed by atoms with Gasteiger partial charge in [-0.05, 0) is 43.3 Å². The van der Waals surface area contributed by atoms with Crippen LogP contribution in [0.25, 0.3) is 11.3 Å². The minimum absolute atomic E-state index is 0.0252. The van der Waals surface area contributed by atoms with E-state index in [0.29, 0.717) is 12.3 Å². The number of pyridine rings is 1. The van der Waals surface area contributed by atoms with Crippen LogP contribution in [0.15, 0.2) is 42.5 Å². The third-order valence-corrected chi connectivity index (χ3v) is 2.57. The quantitative estimate of drug-likeness (QED) is 0.770. The first-order valence-corrected chi connectivity index (χ1v) is 5.92. The fourth-order valence-corrected chi connectivity index (χ4v) is 1.68. The van der Waals surface area contributed by atoms with Crippen LogP contribution in [0.2, 0.25) is 0 Å². The Kier molecular flexibility index (Phi) is 3.72. The number of carbonyl (C=O) groups is 1. The molecule has 92 valence electrons. The second kappa shape index (κ2) is 5.45. The Morgan fingerprint density at radius 1 is 1.17 bits per heavy atom. The molecule has 1 heterocycles. The third-order valence-electron chi connectivity index (χ3n) is 2.57. The standard InChI is InChI=1S/C15H15NO2/c1-3-18-13-9-7-12(8-10-13)15-6-4-5-14(16-15)11(2)17/h4-10H,3H2,1-2H3. The molecule has 0 bridgehead atoms. The van der Waals surface area contributed by atoms with E-state index in [1.54, 1.807) is 6.07 Å².